The lowest BCUT2D eigenvalue weighted by Crippen LogP contribution is -2.61. The number of alkyl halides is 1. The second kappa shape index (κ2) is 17.5. The van der Waals surface area contributed by atoms with Crippen molar-refractivity contribution < 1.29 is 47.6 Å². The van der Waals surface area contributed by atoms with Crippen LogP contribution in [0.25, 0.3) is 10.4 Å². The quantitative estimate of drug-likeness (QED) is 0.0823. The number of Topliss-reactive ketones (excluding diaryl/α,β-unsaturated/α-hetero) is 1. The van der Waals surface area contributed by atoms with Gasteiger partial charge >= 0.3 is 12.1 Å². The van der Waals surface area contributed by atoms with Crippen molar-refractivity contribution in [3.63, 3.8) is 0 Å². The van der Waals surface area contributed by atoms with Crippen molar-refractivity contribution in [3.05, 3.63) is 10.4 Å². The molecule has 1 amide bonds. The second-order valence-corrected chi connectivity index (χ2v) is 15.5. The summed E-state index contributed by atoms with van der Waals surface area (Å²) in [6.45, 7) is 14.3. The number of aliphatic hydroxyl groups is 1. The van der Waals surface area contributed by atoms with Crippen LogP contribution in [0, 0.1) is 11.8 Å². The molecule has 0 aromatic rings. The minimum Gasteiger partial charge on any atom is -0.455 e. The average Bonchev–Trinajstić information content (AvgIpc) is 3.33. The number of unbranched alkanes of at least 4 members (excludes halogenated alkanes) is 1. The van der Waals surface area contributed by atoms with E-state index in [2.05, 4.69) is 15.3 Å². The molecule has 3 aliphatic heterocycles. The molecule has 2 N–H and O–H groups in total. The SMILES string of the molecule is CC[C@H]1OC(=O)[C@](C)(F)C(=O)[C@H](C)[C@@H](O[C@@H]2OC(C)CC(N(C)C)C2O)[C@](C)(OC)C[C@@H](C)CN[C@H](C)[C@H]2N(CCCCN=[N+]=[N-])C(=O)O[C@]12C. The van der Waals surface area contributed by atoms with Crippen LogP contribution in [0.3, 0.4) is 0 Å². The van der Waals surface area contributed by atoms with Crippen LogP contribution in [0.2, 0.25) is 0 Å². The maximum atomic E-state index is 16.8. The lowest BCUT2D eigenvalue weighted by Gasteiger charge is -2.47. The van der Waals surface area contributed by atoms with E-state index in [0.717, 1.165) is 6.92 Å². The van der Waals surface area contributed by atoms with E-state index < -0.39 is 77.3 Å². The lowest BCUT2D eigenvalue weighted by molar-refractivity contribution is -0.295. The van der Waals surface area contributed by atoms with Crippen LogP contribution < -0.4 is 5.32 Å². The normalized spacial score (nSPS) is 41.6. The summed E-state index contributed by atoms with van der Waals surface area (Å²) in [4.78, 5) is 47.6. The number of amides is 1. The Labute approximate surface area is 301 Å². The molecule has 16 heteroatoms. The zero-order valence-electron chi connectivity index (χ0n) is 32.3. The van der Waals surface area contributed by atoms with Crippen molar-refractivity contribution in [1.29, 1.82) is 0 Å². The zero-order chi connectivity index (χ0) is 38.5. The van der Waals surface area contributed by atoms with Gasteiger partial charge in [-0.25, -0.2) is 14.0 Å². The van der Waals surface area contributed by atoms with Gasteiger partial charge in [0.15, 0.2) is 17.7 Å². The first-order valence-electron chi connectivity index (χ1n) is 18.2. The molecule has 51 heavy (non-hydrogen) atoms. The van der Waals surface area contributed by atoms with Crippen LogP contribution in [0.1, 0.15) is 87.5 Å². The Balaban J connectivity index is 2.07. The molecule has 3 saturated heterocycles. The van der Waals surface area contributed by atoms with E-state index in [-0.39, 0.29) is 37.6 Å². The summed E-state index contributed by atoms with van der Waals surface area (Å²) >= 11 is 0. The van der Waals surface area contributed by atoms with Crippen LogP contribution in [0.4, 0.5) is 9.18 Å². The van der Waals surface area contributed by atoms with Crippen molar-refractivity contribution in [2.24, 2.45) is 17.0 Å². The monoisotopic (exact) mass is 728 g/mol. The minimum absolute atomic E-state index is 0.111. The van der Waals surface area contributed by atoms with Gasteiger partial charge in [-0.1, -0.05) is 25.9 Å². The summed E-state index contributed by atoms with van der Waals surface area (Å²) in [5, 5.41) is 18.5. The number of hydrogen-bond acceptors (Lipinski definition) is 12. The van der Waals surface area contributed by atoms with E-state index in [4.69, 9.17) is 29.2 Å². The molecule has 0 aromatic heterocycles. The maximum Gasteiger partial charge on any atom is 0.410 e. The summed E-state index contributed by atoms with van der Waals surface area (Å²) in [5.74, 6) is -3.87. The van der Waals surface area contributed by atoms with Gasteiger partial charge in [0.05, 0.1) is 23.9 Å². The highest BCUT2D eigenvalue weighted by molar-refractivity contribution is 6.07. The molecule has 0 radical (unpaired) electrons. The summed E-state index contributed by atoms with van der Waals surface area (Å²) in [6, 6.07) is -1.35. The third kappa shape index (κ3) is 9.32. The van der Waals surface area contributed by atoms with Crippen LogP contribution in [-0.2, 0) is 33.3 Å². The number of rotatable bonds is 10. The number of carbonyl (C=O) groups excluding carboxylic acids is 3. The van der Waals surface area contributed by atoms with Crippen molar-refractivity contribution in [2.75, 3.05) is 40.8 Å². The molecule has 0 bridgehead atoms. The molecule has 3 unspecified atom stereocenters. The van der Waals surface area contributed by atoms with Gasteiger partial charge in [0.1, 0.15) is 12.2 Å². The average molecular weight is 729 g/mol. The van der Waals surface area contributed by atoms with E-state index in [0.29, 0.717) is 32.2 Å². The Morgan fingerprint density at radius 2 is 1.82 bits per heavy atom. The fourth-order valence-electron chi connectivity index (χ4n) is 8.17. The van der Waals surface area contributed by atoms with Crippen molar-refractivity contribution in [1.82, 2.24) is 15.1 Å². The molecule has 3 fully saturated rings. The number of hydrogen-bond donors (Lipinski definition) is 2. The number of carbonyl (C=O) groups is 3. The molecule has 0 saturated carbocycles. The minimum atomic E-state index is -3.13. The molecule has 0 aromatic carbocycles. The van der Waals surface area contributed by atoms with Crippen molar-refractivity contribution in [3.8, 4) is 0 Å². The third-order valence-electron chi connectivity index (χ3n) is 11.0. The van der Waals surface area contributed by atoms with E-state index in [1.165, 1.54) is 14.0 Å². The first-order valence-corrected chi connectivity index (χ1v) is 18.2. The number of ether oxygens (including phenoxy) is 5. The van der Waals surface area contributed by atoms with Crippen molar-refractivity contribution in [2.45, 2.75) is 153 Å². The Kier molecular flexibility index (Phi) is 14.7. The molecular weight excluding hydrogens is 667 g/mol. The highest BCUT2D eigenvalue weighted by Crippen LogP contribution is 2.41. The lowest BCUT2D eigenvalue weighted by atomic mass is 9.78. The number of fused-ring (bicyclic) bond motifs is 1. The number of halogens is 1. The van der Waals surface area contributed by atoms with Gasteiger partial charge in [0, 0.05) is 43.1 Å². The molecule has 13 atom stereocenters. The van der Waals surface area contributed by atoms with E-state index >= 15 is 4.39 Å². The number of esters is 1. The van der Waals surface area contributed by atoms with E-state index in [9.17, 15) is 19.5 Å². The predicted octanol–water partition coefficient (Wildman–Crippen LogP) is 4.15. The topological polar surface area (TPSA) is 185 Å². The van der Waals surface area contributed by atoms with Crippen LogP contribution in [0.5, 0.6) is 0 Å². The molecule has 15 nitrogen and oxygen atoms in total. The van der Waals surface area contributed by atoms with E-state index in [1.54, 1.807) is 25.7 Å². The van der Waals surface area contributed by atoms with Gasteiger partial charge in [0.2, 0.25) is 0 Å². The predicted molar refractivity (Wildman–Crippen MR) is 186 cm³/mol. The first-order chi connectivity index (χ1) is 23.8. The number of nitrogens with zero attached hydrogens (tertiary/aromatic N) is 5. The van der Waals surface area contributed by atoms with Gasteiger partial charge < -0.3 is 39.0 Å². The molecule has 0 spiro atoms. The Morgan fingerprint density at radius 3 is 2.41 bits per heavy atom. The number of ketones is 1. The Hall–Kier alpha value is -2.59. The molecule has 0 aliphatic carbocycles. The highest BCUT2D eigenvalue weighted by Gasteiger charge is 2.60. The van der Waals surface area contributed by atoms with Gasteiger partial charge in [-0.2, -0.15) is 0 Å². The number of nitrogens with one attached hydrogen (secondary N) is 1. The number of azide groups is 1. The standard InChI is InChI=1S/C35H61FN6O9/c1-12-25-35(8)27(42(32(46)51-35)16-14-13-15-39-40-37)23(5)38-19-20(2)18-33(6,47-11)29(22(4)28(44)34(7,36)31(45)49-25)50-30-26(43)24(41(9)10)17-21(3)48-30/h20-27,29-30,38,43H,12-19H2,1-11H3/t20-,21?,22+,23-,24?,25-,26?,27-,29-,30+,33-,34-,35-/m1/s1. The van der Waals surface area contributed by atoms with Crippen LogP contribution in [0.15, 0.2) is 5.11 Å². The largest absolute Gasteiger partial charge is 0.455 e. The molecular formula is C35H61FN6O9. The number of cyclic esters (lactones) is 1. The van der Waals surface area contributed by atoms with Crippen LogP contribution in [-0.4, -0.2) is 139 Å². The smallest absolute Gasteiger partial charge is 0.410 e. The summed E-state index contributed by atoms with van der Waals surface area (Å²) in [7, 11) is 5.17. The fraction of sp³-hybridized carbons (Fsp3) is 0.914. The molecule has 3 heterocycles. The summed E-state index contributed by atoms with van der Waals surface area (Å²) in [6.07, 6.45) is -3.32. The van der Waals surface area contributed by atoms with Gasteiger partial charge in [0.25, 0.3) is 5.67 Å². The third-order valence-corrected chi connectivity index (χ3v) is 11.0. The van der Waals surface area contributed by atoms with E-state index in [1.807, 2.05) is 39.8 Å². The maximum absolute atomic E-state index is 16.8. The molecule has 3 rings (SSSR count). The summed E-state index contributed by atoms with van der Waals surface area (Å²) < 4.78 is 47.2. The van der Waals surface area contributed by atoms with Gasteiger partial charge in [-0.15, -0.1) is 0 Å². The Bertz CT molecular complexity index is 1270. The zero-order valence-corrected chi connectivity index (χ0v) is 32.3. The van der Waals surface area contributed by atoms with Crippen molar-refractivity contribution >= 4 is 17.8 Å². The number of methoxy groups -OCH3 is 1. The van der Waals surface area contributed by atoms with Gasteiger partial charge in [-0.3, -0.25) is 9.69 Å². The Morgan fingerprint density at radius 1 is 1.16 bits per heavy atom. The molecule has 292 valence electrons. The summed E-state index contributed by atoms with van der Waals surface area (Å²) in [5.41, 5.74) is 2.89. The number of likely N-dealkylation sites (N-methyl/N-ethyl adjacent to an activating group) is 1. The van der Waals surface area contributed by atoms with Crippen LogP contribution >= 0.6 is 0 Å². The second-order valence-electron chi connectivity index (χ2n) is 15.5. The molecule has 3 aliphatic rings. The van der Waals surface area contributed by atoms with Gasteiger partial charge in [-0.05, 0) is 98.8 Å². The fourth-order valence-corrected chi connectivity index (χ4v) is 8.17. The first kappa shape index (κ1) is 42.8. The number of aliphatic hydroxyl groups excluding tert-OH is 1. The highest BCUT2D eigenvalue weighted by atomic mass is 19.1.